The third-order valence-corrected chi connectivity index (χ3v) is 3.41. The van der Waals surface area contributed by atoms with Crippen LogP contribution in [0.5, 0.6) is 0 Å². The van der Waals surface area contributed by atoms with Gasteiger partial charge in [-0.3, -0.25) is 4.98 Å². The number of aryl methyl sites for hydroxylation is 2. The third kappa shape index (κ3) is 1.98. The van der Waals surface area contributed by atoms with Gasteiger partial charge in [0, 0.05) is 9.86 Å². The van der Waals surface area contributed by atoms with Gasteiger partial charge in [-0.05, 0) is 32.0 Å². The normalized spacial score (nSPS) is 11.1. The van der Waals surface area contributed by atoms with Crippen molar-refractivity contribution in [3.8, 4) is 5.69 Å². The molecule has 6 heteroatoms. The molecule has 3 rings (SSSR count). The molecule has 1 aromatic carbocycles. The Kier molecular flexibility index (Phi) is 2.74. The van der Waals surface area contributed by atoms with Crippen LogP contribution in [0.4, 0.5) is 5.69 Å². The van der Waals surface area contributed by atoms with Gasteiger partial charge in [-0.2, -0.15) is 5.10 Å². The minimum absolute atomic E-state index is 0.582. The number of nitrogens with two attached hydrogens (primary N) is 1. The summed E-state index contributed by atoms with van der Waals surface area (Å²) in [7, 11) is 0. The number of nitrogens with zero attached hydrogens (tertiary/aromatic N) is 4. The Balaban J connectivity index is 2.42. The Morgan fingerprint density at radius 1 is 1.26 bits per heavy atom. The first kappa shape index (κ1) is 12.1. The van der Waals surface area contributed by atoms with Gasteiger partial charge in [-0.15, -0.1) is 0 Å². The summed E-state index contributed by atoms with van der Waals surface area (Å²) in [6, 6.07) is 5.89. The molecule has 0 fully saturated rings. The molecule has 19 heavy (non-hydrogen) atoms. The zero-order chi connectivity index (χ0) is 13.6. The van der Waals surface area contributed by atoms with E-state index in [1.54, 1.807) is 10.9 Å². The van der Waals surface area contributed by atoms with E-state index in [1.807, 2.05) is 32.0 Å². The molecule has 0 amide bonds. The molecule has 96 valence electrons. The van der Waals surface area contributed by atoms with E-state index in [2.05, 4.69) is 31.0 Å². The minimum Gasteiger partial charge on any atom is -0.396 e. The topological polar surface area (TPSA) is 69.6 Å². The van der Waals surface area contributed by atoms with Crippen molar-refractivity contribution in [3.05, 3.63) is 40.5 Å². The molecule has 5 nitrogen and oxygen atoms in total. The second kappa shape index (κ2) is 4.31. The number of rotatable bonds is 1. The van der Waals surface area contributed by atoms with Gasteiger partial charge >= 0.3 is 0 Å². The predicted molar refractivity (Wildman–Crippen MR) is 78.2 cm³/mol. The van der Waals surface area contributed by atoms with Crippen molar-refractivity contribution < 1.29 is 0 Å². The maximum absolute atomic E-state index is 6.08. The molecule has 0 saturated carbocycles. The number of nitrogen functional groups attached to an aromatic ring is 1. The monoisotopic (exact) mass is 317 g/mol. The van der Waals surface area contributed by atoms with E-state index >= 15 is 0 Å². The van der Waals surface area contributed by atoms with Crippen LogP contribution < -0.4 is 5.73 Å². The predicted octanol–water partition coefficient (Wildman–Crippen LogP) is 2.78. The molecule has 0 aliphatic rings. The van der Waals surface area contributed by atoms with Crippen LogP contribution in [0.3, 0.4) is 0 Å². The number of aromatic nitrogens is 4. The van der Waals surface area contributed by atoms with E-state index < -0.39 is 0 Å². The molecule has 2 N–H and O–H groups in total. The van der Waals surface area contributed by atoms with Crippen LogP contribution in [0.2, 0.25) is 0 Å². The lowest BCUT2D eigenvalue weighted by atomic mass is 10.1. The van der Waals surface area contributed by atoms with Crippen LogP contribution in [-0.4, -0.2) is 19.7 Å². The largest absolute Gasteiger partial charge is 0.396 e. The quantitative estimate of drug-likeness (QED) is 0.749. The second-order valence-electron chi connectivity index (χ2n) is 4.34. The van der Waals surface area contributed by atoms with Crippen molar-refractivity contribution in [1.29, 1.82) is 0 Å². The number of hydrogen-bond donors (Lipinski definition) is 1. The average Bonchev–Trinajstić information content (AvgIpc) is 2.68. The van der Waals surface area contributed by atoms with E-state index in [0.717, 1.165) is 32.7 Å². The third-order valence-electron chi connectivity index (χ3n) is 2.92. The minimum atomic E-state index is 0.582. The Labute approximate surface area is 118 Å². The highest BCUT2D eigenvalue weighted by Crippen LogP contribution is 2.28. The molecule has 0 atom stereocenters. The summed E-state index contributed by atoms with van der Waals surface area (Å²) >= 11 is 3.47. The van der Waals surface area contributed by atoms with Gasteiger partial charge in [-0.1, -0.05) is 15.9 Å². The fraction of sp³-hybridized carbons (Fsp3) is 0.154. The summed E-state index contributed by atoms with van der Waals surface area (Å²) in [4.78, 5) is 8.66. The lowest BCUT2D eigenvalue weighted by molar-refractivity contribution is 0.838. The highest BCUT2D eigenvalue weighted by molar-refractivity contribution is 9.10. The van der Waals surface area contributed by atoms with E-state index in [4.69, 9.17) is 5.73 Å². The highest BCUT2D eigenvalue weighted by atomic mass is 79.9. The standard InChI is InChI=1S/C13H12BrN5/c1-7-17-8(2)19(18-7)13-10-5-9(14)3-4-12(10)16-6-11(13)15/h3-6H,15H2,1-2H3. The summed E-state index contributed by atoms with van der Waals surface area (Å²) < 4.78 is 2.74. The zero-order valence-corrected chi connectivity index (χ0v) is 12.1. The van der Waals surface area contributed by atoms with Gasteiger partial charge < -0.3 is 5.73 Å². The molecule has 0 bridgehead atoms. The Hall–Kier alpha value is -1.95. The van der Waals surface area contributed by atoms with Gasteiger partial charge in [0.25, 0.3) is 0 Å². The number of fused-ring (bicyclic) bond motifs is 1. The van der Waals surface area contributed by atoms with Crippen molar-refractivity contribution in [2.45, 2.75) is 13.8 Å². The van der Waals surface area contributed by atoms with Gasteiger partial charge in [0.05, 0.1) is 17.4 Å². The molecule has 2 heterocycles. The molecule has 3 aromatic rings. The molecule has 2 aromatic heterocycles. The molecule has 0 spiro atoms. The zero-order valence-electron chi connectivity index (χ0n) is 10.6. The number of anilines is 1. The van der Waals surface area contributed by atoms with E-state index in [9.17, 15) is 0 Å². The Bertz CT molecular complexity index is 773. The first-order valence-electron chi connectivity index (χ1n) is 5.80. The maximum atomic E-state index is 6.08. The van der Waals surface area contributed by atoms with Gasteiger partial charge in [-0.25, -0.2) is 9.67 Å². The van der Waals surface area contributed by atoms with Crippen molar-refractivity contribution in [2.24, 2.45) is 0 Å². The molecule has 0 radical (unpaired) electrons. The SMILES string of the molecule is Cc1nc(C)n(-c2c(N)cnc3ccc(Br)cc23)n1. The first-order chi connectivity index (χ1) is 9.06. The molecule has 0 aliphatic carbocycles. The van der Waals surface area contributed by atoms with Crippen molar-refractivity contribution in [3.63, 3.8) is 0 Å². The molecule has 0 saturated heterocycles. The maximum Gasteiger partial charge on any atom is 0.148 e. The summed E-state index contributed by atoms with van der Waals surface area (Å²) in [5.41, 5.74) is 8.36. The number of hydrogen-bond acceptors (Lipinski definition) is 4. The van der Waals surface area contributed by atoms with E-state index in [-0.39, 0.29) is 0 Å². The van der Waals surface area contributed by atoms with Gasteiger partial charge in [0.1, 0.15) is 17.3 Å². The number of pyridine rings is 1. The van der Waals surface area contributed by atoms with Crippen molar-refractivity contribution in [1.82, 2.24) is 19.7 Å². The van der Waals surface area contributed by atoms with E-state index in [0.29, 0.717) is 5.69 Å². The fourth-order valence-corrected chi connectivity index (χ4v) is 2.50. The number of benzene rings is 1. The van der Waals surface area contributed by atoms with Crippen LogP contribution in [0, 0.1) is 13.8 Å². The van der Waals surface area contributed by atoms with Gasteiger partial charge in [0.15, 0.2) is 0 Å². The first-order valence-corrected chi connectivity index (χ1v) is 6.60. The fourth-order valence-electron chi connectivity index (χ4n) is 2.14. The second-order valence-corrected chi connectivity index (χ2v) is 5.26. The van der Waals surface area contributed by atoms with Crippen molar-refractivity contribution in [2.75, 3.05) is 5.73 Å². The molecular weight excluding hydrogens is 306 g/mol. The Morgan fingerprint density at radius 2 is 2.05 bits per heavy atom. The number of halogens is 1. The smallest absolute Gasteiger partial charge is 0.148 e. The van der Waals surface area contributed by atoms with Crippen LogP contribution in [0.25, 0.3) is 16.6 Å². The highest BCUT2D eigenvalue weighted by Gasteiger charge is 2.13. The molecular formula is C13H12BrN5. The Morgan fingerprint density at radius 3 is 2.74 bits per heavy atom. The summed E-state index contributed by atoms with van der Waals surface area (Å²) in [6.07, 6.45) is 1.65. The van der Waals surface area contributed by atoms with Crippen LogP contribution in [0.15, 0.2) is 28.9 Å². The van der Waals surface area contributed by atoms with Crippen LogP contribution in [0.1, 0.15) is 11.6 Å². The lowest BCUT2D eigenvalue weighted by Gasteiger charge is -2.10. The van der Waals surface area contributed by atoms with Gasteiger partial charge in [0.2, 0.25) is 0 Å². The molecule has 0 unspecified atom stereocenters. The van der Waals surface area contributed by atoms with Crippen molar-refractivity contribution >= 4 is 32.5 Å². The lowest BCUT2D eigenvalue weighted by Crippen LogP contribution is -2.05. The summed E-state index contributed by atoms with van der Waals surface area (Å²) in [5, 5.41) is 5.35. The summed E-state index contributed by atoms with van der Waals surface area (Å²) in [6.45, 7) is 3.77. The molecule has 0 aliphatic heterocycles. The average molecular weight is 318 g/mol. The van der Waals surface area contributed by atoms with Crippen LogP contribution in [-0.2, 0) is 0 Å². The summed E-state index contributed by atoms with van der Waals surface area (Å²) in [5.74, 6) is 1.52. The van der Waals surface area contributed by atoms with Crippen LogP contribution >= 0.6 is 15.9 Å². The van der Waals surface area contributed by atoms with E-state index in [1.165, 1.54) is 0 Å².